The normalized spacial score (nSPS) is 11.3. The summed E-state index contributed by atoms with van der Waals surface area (Å²) >= 11 is 0. The van der Waals surface area contributed by atoms with Crippen molar-refractivity contribution in [3.63, 3.8) is 0 Å². The molecule has 8 heteroatoms. The van der Waals surface area contributed by atoms with E-state index >= 15 is 0 Å². The smallest absolute Gasteiger partial charge is 0.223 e. The second kappa shape index (κ2) is 8.22. The summed E-state index contributed by atoms with van der Waals surface area (Å²) in [5.41, 5.74) is 3.98. The largest absolute Gasteiger partial charge is 0.506 e. The molecule has 5 aromatic heterocycles. The van der Waals surface area contributed by atoms with Crippen LogP contribution < -0.4 is 4.74 Å². The van der Waals surface area contributed by atoms with Gasteiger partial charge in [-0.2, -0.15) is 4.98 Å². The van der Waals surface area contributed by atoms with Gasteiger partial charge in [-0.25, -0.2) is 0 Å². The van der Waals surface area contributed by atoms with Gasteiger partial charge in [0, 0.05) is 49.5 Å². The third-order valence-electron chi connectivity index (χ3n) is 5.81. The zero-order chi connectivity index (χ0) is 22.6. The molecule has 172 valence electrons. The number of hydrogen-bond donors (Lipinski definition) is 1. The Bertz CT molecular complexity index is 1880. The number of aromatic nitrogens is 4. The molecule has 7 nitrogen and oxygen atoms in total. The molecule has 0 saturated carbocycles. The molecule has 0 unspecified atom stereocenters. The molecule has 2 aromatic carbocycles. The molecule has 0 radical (unpaired) electrons. The molecule has 0 spiro atoms. The molecule has 0 bridgehead atoms. The molecular weight excluding hydrogens is 623 g/mol. The Balaban J connectivity index is 0.00000229. The third-order valence-corrected chi connectivity index (χ3v) is 5.81. The minimum absolute atomic E-state index is 0. The van der Waals surface area contributed by atoms with Crippen molar-refractivity contribution >= 4 is 44.1 Å². The number of para-hydroxylation sites is 3. The van der Waals surface area contributed by atoms with Crippen molar-refractivity contribution in [1.82, 2.24) is 19.5 Å². The fourth-order valence-electron chi connectivity index (χ4n) is 4.33. The maximum Gasteiger partial charge on any atom is 0.223 e. The van der Waals surface area contributed by atoms with E-state index in [1.165, 1.54) is 0 Å². The van der Waals surface area contributed by atoms with Gasteiger partial charge in [0.1, 0.15) is 22.7 Å². The molecule has 0 atom stereocenters. The molecule has 0 aliphatic carbocycles. The van der Waals surface area contributed by atoms with Gasteiger partial charge >= 0.3 is 0 Å². The zero-order valence-corrected chi connectivity index (χ0v) is 20.2. The van der Waals surface area contributed by atoms with Gasteiger partial charge in [-0.05, 0) is 30.3 Å². The second-order valence-corrected chi connectivity index (χ2v) is 7.83. The zero-order valence-electron chi connectivity index (χ0n) is 18.0. The Kier molecular flexibility index (Phi) is 5.01. The number of nitrogens with zero attached hydrogens (tertiary/aromatic N) is 4. The van der Waals surface area contributed by atoms with Crippen molar-refractivity contribution in [3.05, 3.63) is 91.1 Å². The summed E-state index contributed by atoms with van der Waals surface area (Å²) in [6.07, 6.45) is 1.63. The van der Waals surface area contributed by atoms with Crippen LogP contribution in [0.2, 0.25) is 0 Å². The summed E-state index contributed by atoms with van der Waals surface area (Å²) in [5, 5.41) is 13.3. The van der Waals surface area contributed by atoms with Crippen LogP contribution in [0.1, 0.15) is 0 Å². The van der Waals surface area contributed by atoms with Crippen LogP contribution in [0, 0.1) is 6.07 Å². The molecule has 0 fully saturated rings. The van der Waals surface area contributed by atoms with Gasteiger partial charge in [0.2, 0.25) is 11.8 Å². The van der Waals surface area contributed by atoms with Crippen LogP contribution in [0.15, 0.2) is 89.5 Å². The minimum Gasteiger partial charge on any atom is -0.506 e. The number of benzene rings is 2. The fourth-order valence-corrected chi connectivity index (χ4v) is 4.33. The Hall–Kier alpha value is -4.22. The topological polar surface area (TPSA) is 86.2 Å². The van der Waals surface area contributed by atoms with Crippen molar-refractivity contribution in [2.45, 2.75) is 0 Å². The fraction of sp³-hybridized carbons (Fsp3) is 0. The maximum atomic E-state index is 10.6. The van der Waals surface area contributed by atoms with E-state index in [1.807, 2.05) is 53.1 Å². The first kappa shape index (κ1) is 21.3. The van der Waals surface area contributed by atoms with Gasteiger partial charge in [-0.1, -0.05) is 41.9 Å². The van der Waals surface area contributed by atoms with E-state index in [2.05, 4.69) is 16.0 Å². The van der Waals surface area contributed by atoms with Gasteiger partial charge in [0.15, 0.2) is 0 Å². The van der Waals surface area contributed by atoms with Crippen LogP contribution in [-0.2, 0) is 21.1 Å². The van der Waals surface area contributed by atoms with E-state index in [0.29, 0.717) is 45.3 Å². The van der Waals surface area contributed by atoms with Gasteiger partial charge in [0.05, 0.1) is 11.2 Å². The van der Waals surface area contributed by atoms with Crippen molar-refractivity contribution in [2.75, 3.05) is 0 Å². The summed E-state index contributed by atoms with van der Waals surface area (Å²) in [4.78, 5) is 13.6. The standard InChI is InChI=1S/C27H15N4O3.Pt/c32-21-10-4-3-9-20(21)31-19-8-2-1-6-16(19)17-11-13-24(30-26(17)31)34-23-14-12-22-25(29-23)18-7-5-15-28-27(18)33-22;/h1-6,8-15,32H;/q-1;. The SMILES string of the molecule is Oc1ccccc1-n1c2ccccc2c2ccc(Oc3ccc4oc5ncc[c-]c5c4n3)nc21.[Pt]. The number of fused-ring (bicyclic) bond motifs is 6. The van der Waals surface area contributed by atoms with Crippen LogP contribution in [0.25, 0.3) is 49.8 Å². The van der Waals surface area contributed by atoms with Gasteiger partial charge in [0.25, 0.3) is 0 Å². The number of furan rings is 1. The van der Waals surface area contributed by atoms with E-state index in [4.69, 9.17) is 14.1 Å². The van der Waals surface area contributed by atoms with E-state index < -0.39 is 0 Å². The minimum atomic E-state index is 0. The van der Waals surface area contributed by atoms with Crippen LogP contribution >= 0.6 is 0 Å². The van der Waals surface area contributed by atoms with E-state index in [1.54, 1.807) is 36.5 Å². The average molecular weight is 639 g/mol. The molecule has 0 aliphatic rings. The summed E-state index contributed by atoms with van der Waals surface area (Å²) in [6, 6.07) is 27.4. The summed E-state index contributed by atoms with van der Waals surface area (Å²) in [6.45, 7) is 0. The summed E-state index contributed by atoms with van der Waals surface area (Å²) < 4.78 is 13.7. The average Bonchev–Trinajstić information content (AvgIpc) is 3.40. The molecule has 7 rings (SSSR count). The van der Waals surface area contributed by atoms with Crippen molar-refractivity contribution in [2.24, 2.45) is 0 Å². The number of phenolic OH excluding ortho intramolecular Hbond substituents is 1. The summed E-state index contributed by atoms with van der Waals surface area (Å²) in [7, 11) is 0. The van der Waals surface area contributed by atoms with Crippen LogP contribution in [0.4, 0.5) is 0 Å². The first-order valence-corrected chi connectivity index (χ1v) is 10.7. The molecule has 35 heavy (non-hydrogen) atoms. The van der Waals surface area contributed by atoms with Crippen LogP contribution in [-0.4, -0.2) is 24.6 Å². The predicted octanol–water partition coefficient (Wildman–Crippen LogP) is 6.16. The first-order valence-electron chi connectivity index (χ1n) is 10.7. The number of ether oxygens (including phenoxy) is 1. The Morgan fingerprint density at radius 2 is 1.66 bits per heavy atom. The third kappa shape index (κ3) is 3.35. The number of pyridine rings is 3. The van der Waals surface area contributed by atoms with E-state index in [-0.39, 0.29) is 26.8 Å². The number of aromatic hydroxyl groups is 1. The Labute approximate surface area is 212 Å². The van der Waals surface area contributed by atoms with Crippen molar-refractivity contribution in [1.29, 1.82) is 0 Å². The van der Waals surface area contributed by atoms with Gasteiger partial charge in [-0.3, -0.25) is 9.55 Å². The number of phenols is 1. The number of rotatable bonds is 3. The second-order valence-electron chi connectivity index (χ2n) is 7.83. The van der Waals surface area contributed by atoms with E-state index in [9.17, 15) is 5.11 Å². The molecule has 0 saturated heterocycles. The first-order chi connectivity index (χ1) is 16.8. The van der Waals surface area contributed by atoms with Gasteiger partial charge in [-0.15, -0.1) is 12.1 Å². The van der Waals surface area contributed by atoms with Crippen molar-refractivity contribution in [3.8, 4) is 23.2 Å². The quantitative estimate of drug-likeness (QED) is 0.233. The maximum absolute atomic E-state index is 10.6. The van der Waals surface area contributed by atoms with Gasteiger partial charge < -0.3 is 19.2 Å². The molecule has 5 heterocycles. The summed E-state index contributed by atoms with van der Waals surface area (Å²) in [5.74, 6) is 0.931. The van der Waals surface area contributed by atoms with E-state index in [0.717, 1.165) is 16.3 Å². The Morgan fingerprint density at radius 1 is 0.857 bits per heavy atom. The monoisotopic (exact) mass is 638 g/mol. The predicted molar refractivity (Wildman–Crippen MR) is 128 cm³/mol. The molecule has 7 aromatic rings. The molecule has 0 aliphatic heterocycles. The molecular formula is C27H15N4O3Pt-. The van der Waals surface area contributed by atoms with Crippen LogP contribution in [0.5, 0.6) is 17.5 Å². The van der Waals surface area contributed by atoms with Crippen molar-refractivity contribution < 1.29 is 35.3 Å². The Morgan fingerprint density at radius 3 is 2.57 bits per heavy atom. The molecule has 0 amide bonds. The van der Waals surface area contributed by atoms with Crippen LogP contribution in [0.3, 0.4) is 0 Å². The molecule has 1 N–H and O–H groups in total. The number of hydrogen-bond acceptors (Lipinski definition) is 6.